The monoisotopic (exact) mass is 261 g/mol. The fourth-order valence-corrected chi connectivity index (χ4v) is 1.76. The van der Waals surface area contributed by atoms with Gasteiger partial charge in [0.25, 0.3) is 0 Å². The summed E-state index contributed by atoms with van der Waals surface area (Å²) in [5, 5.41) is 17.9. The van der Waals surface area contributed by atoms with Crippen LogP contribution in [0.2, 0.25) is 0 Å². The maximum atomic E-state index is 9.87. The van der Waals surface area contributed by atoms with E-state index >= 15 is 0 Å². The molecule has 0 fully saturated rings. The summed E-state index contributed by atoms with van der Waals surface area (Å²) in [7, 11) is 0. The zero-order chi connectivity index (χ0) is 13.9. The van der Waals surface area contributed by atoms with E-state index in [1.807, 2.05) is 31.2 Å². The molecule has 0 aliphatic carbocycles. The number of aromatic nitrogens is 3. The van der Waals surface area contributed by atoms with Crippen LogP contribution in [0.1, 0.15) is 32.0 Å². The van der Waals surface area contributed by atoms with E-state index in [0.717, 1.165) is 11.3 Å². The van der Waals surface area contributed by atoms with Crippen molar-refractivity contribution in [2.24, 2.45) is 0 Å². The minimum atomic E-state index is -0.975. The summed E-state index contributed by atoms with van der Waals surface area (Å²) < 4.78 is 7.27. The quantitative estimate of drug-likeness (QED) is 0.893. The van der Waals surface area contributed by atoms with E-state index in [9.17, 15) is 5.11 Å². The number of hydrogen-bond donors (Lipinski definition) is 1. The van der Waals surface area contributed by atoms with Crippen molar-refractivity contribution in [3.63, 3.8) is 0 Å². The average molecular weight is 261 g/mol. The molecule has 5 nitrogen and oxygen atoms in total. The Kier molecular flexibility index (Phi) is 3.85. The third-order valence-electron chi connectivity index (χ3n) is 2.77. The smallest absolute Gasteiger partial charge is 0.124 e. The summed E-state index contributed by atoms with van der Waals surface area (Å²) in [6.07, 6.45) is 1.75. The van der Waals surface area contributed by atoms with Crippen molar-refractivity contribution in [3.8, 4) is 5.75 Å². The molecule has 0 spiro atoms. The van der Waals surface area contributed by atoms with Gasteiger partial charge < -0.3 is 9.84 Å². The summed E-state index contributed by atoms with van der Waals surface area (Å²) in [4.78, 5) is 0. The summed E-state index contributed by atoms with van der Waals surface area (Å²) in [6, 6.07) is 7.84. The Morgan fingerprint density at radius 1 is 1.32 bits per heavy atom. The van der Waals surface area contributed by atoms with E-state index in [-0.39, 0.29) is 0 Å². The van der Waals surface area contributed by atoms with E-state index < -0.39 is 5.60 Å². The molecule has 1 N–H and O–H groups in total. The highest BCUT2D eigenvalue weighted by Crippen LogP contribution is 2.20. The Morgan fingerprint density at radius 2 is 2.05 bits per heavy atom. The van der Waals surface area contributed by atoms with Crippen LogP contribution >= 0.6 is 0 Å². The van der Waals surface area contributed by atoms with Gasteiger partial charge in [-0.15, -0.1) is 5.10 Å². The summed E-state index contributed by atoms with van der Waals surface area (Å²) in [5.41, 5.74) is 0.621. The number of nitrogens with zero attached hydrogens (tertiary/aromatic N) is 3. The van der Waals surface area contributed by atoms with E-state index in [2.05, 4.69) is 10.3 Å². The number of aliphatic hydroxyl groups is 1. The van der Waals surface area contributed by atoms with E-state index in [4.69, 9.17) is 4.74 Å². The molecule has 0 radical (unpaired) electrons. The Balaban J connectivity index is 2.19. The Morgan fingerprint density at radius 3 is 2.68 bits per heavy atom. The van der Waals surface area contributed by atoms with E-state index in [0.29, 0.717) is 18.8 Å². The highest BCUT2D eigenvalue weighted by Gasteiger charge is 2.20. The minimum absolute atomic E-state index is 0.557. The van der Waals surface area contributed by atoms with Gasteiger partial charge in [-0.25, -0.2) is 4.68 Å². The van der Waals surface area contributed by atoms with Gasteiger partial charge in [-0.2, -0.15) is 0 Å². The van der Waals surface area contributed by atoms with Crippen molar-refractivity contribution in [2.75, 3.05) is 6.61 Å². The van der Waals surface area contributed by atoms with Crippen LogP contribution in [0.4, 0.5) is 0 Å². The number of ether oxygens (including phenoxy) is 1. The van der Waals surface area contributed by atoms with Crippen LogP contribution < -0.4 is 4.74 Å². The number of benzene rings is 1. The fourth-order valence-electron chi connectivity index (χ4n) is 1.76. The lowest BCUT2D eigenvalue weighted by Gasteiger charge is -2.12. The molecule has 0 aliphatic rings. The molecule has 19 heavy (non-hydrogen) atoms. The zero-order valence-corrected chi connectivity index (χ0v) is 11.5. The predicted molar refractivity (Wildman–Crippen MR) is 72.0 cm³/mol. The molecule has 2 rings (SSSR count). The van der Waals surface area contributed by atoms with Gasteiger partial charge in [-0.05, 0) is 26.8 Å². The molecule has 2 aromatic rings. The second-order valence-corrected chi connectivity index (χ2v) is 4.90. The molecule has 0 bridgehead atoms. The Hall–Kier alpha value is -1.88. The lowest BCUT2D eigenvalue weighted by atomic mass is 10.1. The van der Waals surface area contributed by atoms with Gasteiger partial charge in [0.05, 0.1) is 19.3 Å². The normalized spacial score (nSPS) is 11.6. The molecule has 0 amide bonds. The summed E-state index contributed by atoms with van der Waals surface area (Å²) in [5.74, 6) is 0.852. The van der Waals surface area contributed by atoms with Crippen molar-refractivity contribution >= 4 is 0 Å². The second kappa shape index (κ2) is 5.40. The van der Waals surface area contributed by atoms with Crippen LogP contribution in [0.5, 0.6) is 5.75 Å². The van der Waals surface area contributed by atoms with Crippen LogP contribution in [0.15, 0.2) is 30.5 Å². The number of rotatable bonds is 5. The Labute approximate surface area is 112 Å². The van der Waals surface area contributed by atoms with Crippen molar-refractivity contribution in [1.29, 1.82) is 0 Å². The molecule has 0 saturated heterocycles. The highest BCUT2D eigenvalue weighted by molar-refractivity contribution is 5.33. The maximum Gasteiger partial charge on any atom is 0.124 e. The topological polar surface area (TPSA) is 60.2 Å². The third kappa shape index (κ3) is 3.32. The van der Waals surface area contributed by atoms with Crippen molar-refractivity contribution < 1.29 is 9.84 Å². The molecular formula is C14H19N3O2. The molecule has 102 valence electrons. The maximum absolute atomic E-state index is 9.87. The lowest BCUT2D eigenvalue weighted by Crippen LogP contribution is -2.15. The summed E-state index contributed by atoms with van der Waals surface area (Å²) >= 11 is 0. The SMILES string of the molecule is CCOc1ccccc1Cn1cc(C(C)(C)O)nn1. The van der Waals surface area contributed by atoms with Crippen LogP contribution in [0.25, 0.3) is 0 Å². The molecule has 5 heteroatoms. The van der Waals surface area contributed by atoms with Gasteiger partial charge in [0.2, 0.25) is 0 Å². The van der Waals surface area contributed by atoms with Gasteiger partial charge in [-0.1, -0.05) is 23.4 Å². The van der Waals surface area contributed by atoms with Crippen LogP contribution in [-0.4, -0.2) is 26.7 Å². The summed E-state index contributed by atoms with van der Waals surface area (Å²) in [6.45, 7) is 6.53. The first-order valence-electron chi connectivity index (χ1n) is 6.34. The van der Waals surface area contributed by atoms with Crippen LogP contribution in [0.3, 0.4) is 0 Å². The first kappa shape index (κ1) is 13.5. The van der Waals surface area contributed by atoms with Gasteiger partial charge >= 0.3 is 0 Å². The third-order valence-corrected chi connectivity index (χ3v) is 2.77. The first-order chi connectivity index (χ1) is 9.00. The largest absolute Gasteiger partial charge is 0.494 e. The van der Waals surface area contributed by atoms with Crippen molar-refractivity contribution in [2.45, 2.75) is 32.9 Å². The van der Waals surface area contributed by atoms with Gasteiger partial charge in [-0.3, -0.25) is 0 Å². The lowest BCUT2D eigenvalue weighted by molar-refractivity contribution is 0.0737. The molecule has 1 aromatic carbocycles. The van der Waals surface area contributed by atoms with Crippen LogP contribution in [0, 0.1) is 0 Å². The molecular weight excluding hydrogens is 242 g/mol. The van der Waals surface area contributed by atoms with Gasteiger partial charge in [0.1, 0.15) is 17.0 Å². The first-order valence-corrected chi connectivity index (χ1v) is 6.34. The zero-order valence-electron chi connectivity index (χ0n) is 11.5. The Bertz CT molecular complexity index is 544. The minimum Gasteiger partial charge on any atom is -0.494 e. The van der Waals surface area contributed by atoms with Gasteiger partial charge in [0.15, 0.2) is 0 Å². The fraction of sp³-hybridized carbons (Fsp3) is 0.429. The number of hydrogen-bond acceptors (Lipinski definition) is 4. The molecule has 0 unspecified atom stereocenters. The second-order valence-electron chi connectivity index (χ2n) is 4.90. The van der Waals surface area contributed by atoms with Crippen LogP contribution in [-0.2, 0) is 12.1 Å². The number of para-hydroxylation sites is 1. The predicted octanol–water partition coefficient (Wildman–Crippen LogP) is 1.95. The average Bonchev–Trinajstić information content (AvgIpc) is 2.80. The molecule has 1 aromatic heterocycles. The molecule has 0 saturated carbocycles. The molecule has 0 atom stereocenters. The van der Waals surface area contributed by atoms with E-state index in [1.165, 1.54) is 0 Å². The van der Waals surface area contributed by atoms with Crippen molar-refractivity contribution in [3.05, 3.63) is 41.7 Å². The molecule has 0 aliphatic heterocycles. The van der Waals surface area contributed by atoms with Gasteiger partial charge in [0, 0.05) is 5.56 Å². The molecule has 1 heterocycles. The van der Waals surface area contributed by atoms with Crippen molar-refractivity contribution in [1.82, 2.24) is 15.0 Å². The van der Waals surface area contributed by atoms with E-state index in [1.54, 1.807) is 24.7 Å². The standard InChI is InChI=1S/C14H19N3O2/c1-4-19-12-8-6-5-7-11(12)9-17-10-13(15-16-17)14(2,3)18/h5-8,10,18H,4,9H2,1-3H3. The highest BCUT2D eigenvalue weighted by atomic mass is 16.5.